The van der Waals surface area contributed by atoms with Crippen LogP contribution >= 0.6 is 0 Å². The summed E-state index contributed by atoms with van der Waals surface area (Å²) >= 11 is 0. The second-order valence-electron chi connectivity index (χ2n) is 7.97. The Morgan fingerprint density at radius 2 is 2.08 bits per heavy atom. The van der Waals surface area contributed by atoms with E-state index < -0.39 is 0 Å². The van der Waals surface area contributed by atoms with Crippen LogP contribution < -0.4 is 5.32 Å². The van der Waals surface area contributed by atoms with Crippen LogP contribution in [0.4, 0.5) is 0 Å². The summed E-state index contributed by atoms with van der Waals surface area (Å²) in [6.45, 7) is 4.19. The first-order chi connectivity index (χ1) is 12.7. The number of carbonyl (C=O) groups is 1. The summed E-state index contributed by atoms with van der Waals surface area (Å²) in [7, 11) is 0. The van der Waals surface area contributed by atoms with Gasteiger partial charge in [0.2, 0.25) is 5.91 Å². The molecule has 1 aromatic carbocycles. The molecular formula is C21H28N4O. The number of likely N-dealkylation sites (tertiary alicyclic amines) is 1. The number of nitrogens with zero attached hydrogens (tertiary/aromatic N) is 3. The van der Waals surface area contributed by atoms with E-state index in [1.807, 2.05) is 23.1 Å². The lowest BCUT2D eigenvalue weighted by molar-refractivity contribution is -0.122. The monoisotopic (exact) mass is 352 g/mol. The molecule has 1 aliphatic heterocycles. The number of carbonyl (C=O) groups excluding carboxylic acids is 1. The fourth-order valence-electron chi connectivity index (χ4n) is 4.05. The molecule has 2 aromatic rings. The molecule has 0 bridgehead atoms. The van der Waals surface area contributed by atoms with E-state index in [1.54, 1.807) is 0 Å². The molecule has 5 nitrogen and oxygen atoms in total. The molecule has 1 aliphatic carbocycles. The number of piperidine rings is 1. The van der Waals surface area contributed by atoms with Crippen molar-refractivity contribution >= 4 is 5.91 Å². The van der Waals surface area contributed by atoms with Gasteiger partial charge in [-0.05, 0) is 49.8 Å². The van der Waals surface area contributed by atoms with Crippen molar-refractivity contribution in [2.75, 3.05) is 26.2 Å². The van der Waals surface area contributed by atoms with Crippen LogP contribution in [0.2, 0.25) is 0 Å². The van der Waals surface area contributed by atoms with Crippen molar-refractivity contribution in [1.82, 2.24) is 20.0 Å². The molecule has 26 heavy (non-hydrogen) atoms. The topological polar surface area (TPSA) is 50.2 Å². The smallest absolute Gasteiger partial charge is 0.234 e. The minimum atomic E-state index is 0.158. The zero-order chi connectivity index (χ0) is 17.8. The van der Waals surface area contributed by atoms with Gasteiger partial charge in [0.1, 0.15) is 0 Å². The van der Waals surface area contributed by atoms with E-state index in [9.17, 15) is 4.79 Å². The lowest BCUT2D eigenvalue weighted by Gasteiger charge is -2.32. The lowest BCUT2D eigenvalue weighted by Crippen LogP contribution is -2.43. The first-order valence-electron chi connectivity index (χ1n) is 9.74. The zero-order valence-corrected chi connectivity index (χ0v) is 15.3. The zero-order valence-electron chi connectivity index (χ0n) is 15.3. The van der Waals surface area contributed by atoms with E-state index in [4.69, 9.17) is 0 Å². The molecule has 1 amide bonds. The molecule has 0 spiro atoms. The Bertz CT molecular complexity index is 709. The molecule has 2 heterocycles. The normalized spacial score (nSPS) is 22.1. The van der Waals surface area contributed by atoms with Crippen LogP contribution in [0.25, 0.3) is 0 Å². The Hall–Kier alpha value is -2.14. The van der Waals surface area contributed by atoms with Crippen molar-refractivity contribution in [3.8, 4) is 0 Å². The number of hydrogen-bond acceptors (Lipinski definition) is 3. The number of hydrogen-bond donors (Lipinski definition) is 1. The van der Waals surface area contributed by atoms with Crippen molar-refractivity contribution in [2.24, 2.45) is 5.41 Å². The molecular weight excluding hydrogens is 324 g/mol. The van der Waals surface area contributed by atoms with Gasteiger partial charge < -0.3 is 5.32 Å². The fraction of sp³-hybridized carbons (Fsp3) is 0.524. The molecule has 4 rings (SSSR count). The molecule has 1 saturated carbocycles. The van der Waals surface area contributed by atoms with Gasteiger partial charge in [-0.3, -0.25) is 14.4 Å². The molecule has 1 aromatic heterocycles. The van der Waals surface area contributed by atoms with Gasteiger partial charge in [0, 0.05) is 37.4 Å². The Balaban J connectivity index is 1.24. The maximum Gasteiger partial charge on any atom is 0.234 e. The molecule has 2 fully saturated rings. The molecule has 5 heteroatoms. The van der Waals surface area contributed by atoms with Gasteiger partial charge in [-0.1, -0.05) is 30.3 Å². The average molecular weight is 352 g/mol. The molecule has 0 unspecified atom stereocenters. The first-order valence-corrected chi connectivity index (χ1v) is 9.74. The molecule has 138 valence electrons. The van der Waals surface area contributed by atoms with Crippen molar-refractivity contribution < 1.29 is 4.79 Å². The van der Waals surface area contributed by atoms with Crippen LogP contribution in [0, 0.1) is 5.41 Å². The van der Waals surface area contributed by atoms with Gasteiger partial charge in [-0.2, -0.15) is 5.10 Å². The van der Waals surface area contributed by atoms with E-state index in [2.05, 4.69) is 45.6 Å². The maximum absolute atomic E-state index is 12.5. The van der Waals surface area contributed by atoms with E-state index in [-0.39, 0.29) is 11.3 Å². The van der Waals surface area contributed by atoms with Gasteiger partial charge in [0.15, 0.2) is 0 Å². The Kier molecular flexibility index (Phi) is 5.07. The highest BCUT2D eigenvalue weighted by Gasteiger charge is 2.43. The summed E-state index contributed by atoms with van der Waals surface area (Å²) in [5.74, 6) is 0.706. The van der Waals surface area contributed by atoms with Crippen LogP contribution in [-0.2, 0) is 11.3 Å². The largest absolute Gasteiger partial charge is 0.354 e. The van der Waals surface area contributed by atoms with Crippen molar-refractivity contribution in [3.63, 3.8) is 0 Å². The number of aromatic nitrogens is 2. The molecule has 1 N–H and O–H groups in total. The van der Waals surface area contributed by atoms with Gasteiger partial charge in [-0.25, -0.2) is 0 Å². The van der Waals surface area contributed by atoms with Crippen molar-refractivity contribution in [1.29, 1.82) is 0 Å². The fourth-order valence-corrected chi connectivity index (χ4v) is 4.05. The highest BCUT2D eigenvalue weighted by Crippen LogP contribution is 2.46. The second-order valence-corrected chi connectivity index (χ2v) is 7.97. The third-order valence-electron chi connectivity index (χ3n) is 5.82. The van der Waals surface area contributed by atoms with Gasteiger partial charge in [0.05, 0.1) is 6.54 Å². The summed E-state index contributed by atoms with van der Waals surface area (Å²) < 4.78 is 1.98. The van der Waals surface area contributed by atoms with Gasteiger partial charge in [-0.15, -0.1) is 0 Å². The lowest BCUT2D eigenvalue weighted by atomic mass is 9.91. The highest BCUT2D eigenvalue weighted by molar-refractivity contribution is 5.78. The minimum absolute atomic E-state index is 0.158. The predicted octanol–water partition coefficient (Wildman–Crippen LogP) is 2.66. The number of rotatable bonds is 7. The highest BCUT2D eigenvalue weighted by atomic mass is 16.2. The molecule has 0 radical (unpaired) electrons. The Morgan fingerprint density at radius 1 is 1.23 bits per heavy atom. The van der Waals surface area contributed by atoms with Gasteiger partial charge in [0.25, 0.3) is 0 Å². The third-order valence-corrected chi connectivity index (χ3v) is 5.82. The van der Waals surface area contributed by atoms with Crippen LogP contribution in [0.3, 0.4) is 0 Å². The summed E-state index contributed by atoms with van der Waals surface area (Å²) in [4.78, 5) is 14.8. The second kappa shape index (κ2) is 7.62. The third kappa shape index (κ3) is 4.33. The molecule has 1 saturated heterocycles. The van der Waals surface area contributed by atoms with Crippen LogP contribution in [0.15, 0.2) is 48.8 Å². The van der Waals surface area contributed by atoms with Crippen LogP contribution in [0.5, 0.6) is 0 Å². The first kappa shape index (κ1) is 17.3. The maximum atomic E-state index is 12.5. The number of nitrogens with one attached hydrogen (secondary N) is 1. The number of amides is 1. The van der Waals surface area contributed by atoms with Crippen LogP contribution in [0.1, 0.15) is 37.2 Å². The standard InChI is InChI=1S/C21H28N4O/c26-20(22-16-21(9-10-21)17-25-13-5-11-23-25)15-24-12-4-8-19(14-24)18-6-2-1-3-7-18/h1-3,5-7,11,13,19H,4,8-10,12,14-17H2,(H,22,26)/t19-/m0/s1. The predicted molar refractivity (Wildman–Crippen MR) is 102 cm³/mol. The summed E-state index contributed by atoms with van der Waals surface area (Å²) in [5.41, 5.74) is 1.62. The summed E-state index contributed by atoms with van der Waals surface area (Å²) in [5, 5.41) is 7.47. The van der Waals surface area contributed by atoms with Crippen molar-refractivity contribution in [2.45, 2.75) is 38.1 Å². The van der Waals surface area contributed by atoms with E-state index in [0.717, 1.165) is 32.6 Å². The SMILES string of the molecule is O=C(CN1CCC[C@H](c2ccccc2)C1)NCC1(Cn2cccn2)CC1. The summed E-state index contributed by atoms with van der Waals surface area (Å²) in [6.07, 6.45) is 8.54. The van der Waals surface area contributed by atoms with Gasteiger partial charge >= 0.3 is 0 Å². The Labute approximate surface area is 155 Å². The van der Waals surface area contributed by atoms with Crippen molar-refractivity contribution in [3.05, 3.63) is 54.4 Å². The van der Waals surface area contributed by atoms with E-state index in [0.29, 0.717) is 12.5 Å². The quantitative estimate of drug-likeness (QED) is 0.833. The minimum Gasteiger partial charge on any atom is -0.354 e. The average Bonchev–Trinajstić information content (AvgIpc) is 3.24. The van der Waals surface area contributed by atoms with E-state index >= 15 is 0 Å². The molecule has 2 aliphatic rings. The number of benzene rings is 1. The Morgan fingerprint density at radius 3 is 2.81 bits per heavy atom. The van der Waals surface area contributed by atoms with E-state index in [1.165, 1.54) is 24.8 Å². The van der Waals surface area contributed by atoms with Crippen LogP contribution in [-0.4, -0.2) is 46.8 Å². The summed E-state index contributed by atoms with van der Waals surface area (Å²) in [6, 6.07) is 12.6. The molecule has 1 atom stereocenters.